The molecule has 0 saturated heterocycles. The predicted molar refractivity (Wildman–Crippen MR) is 55.4 cm³/mol. The maximum absolute atomic E-state index is 12.5. The number of amides is 1. The second-order valence-electron chi connectivity index (χ2n) is 3.15. The fourth-order valence-corrected chi connectivity index (χ4v) is 1.13. The zero-order valence-electron chi connectivity index (χ0n) is 8.31. The number of carbonyl (C=O) groups excluding carboxylic acids is 1. The lowest BCUT2D eigenvalue weighted by atomic mass is 10.1. The van der Waals surface area contributed by atoms with Crippen LogP contribution in [0.5, 0.6) is 0 Å². The van der Waals surface area contributed by atoms with Crippen molar-refractivity contribution < 1.29 is 18.0 Å². The van der Waals surface area contributed by atoms with Gasteiger partial charge in [0.25, 0.3) is 0 Å². The van der Waals surface area contributed by atoms with Crippen LogP contribution in [0.1, 0.15) is 12.5 Å². The van der Waals surface area contributed by atoms with E-state index < -0.39 is 23.0 Å². The van der Waals surface area contributed by atoms with Crippen molar-refractivity contribution in [2.75, 3.05) is 5.32 Å². The summed E-state index contributed by atoms with van der Waals surface area (Å²) in [5.41, 5.74) is -1.17. The fraction of sp³-hybridized carbons (Fsp3) is 0.300. The first-order valence-corrected chi connectivity index (χ1v) is 4.87. The van der Waals surface area contributed by atoms with Gasteiger partial charge >= 0.3 is 6.18 Å². The summed E-state index contributed by atoms with van der Waals surface area (Å²) in [6.07, 6.45) is -4.50. The number of hydrogen-bond donors (Lipinski definition) is 1. The summed E-state index contributed by atoms with van der Waals surface area (Å²) in [6.45, 7) is 1.38. The Bertz CT molecular complexity index is 390. The van der Waals surface area contributed by atoms with E-state index in [0.717, 1.165) is 6.07 Å². The van der Waals surface area contributed by atoms with E-state index in [0.29, 0.717) is 0 Å². The Hall–Kier alpha value is -1.23. The van der Waals surface area contributed by atoms with Crippen LogP contribution in [0, 0.1) is 0 Å². The second kappa shape index (κ2) is 4.74. The van der Waals surface area contributed by atoms with Crippen molar-refractivity contribution in [3.8, 4) is 0 Å². The molecule has 1 N–H and O–H groups in total. The molecule has 16 heavy (non-hydrogen) atoms. The molecular weight excluding hydrogens is 243 g/mol. The molecule has 0 fully saturated rings. The third-order valence-electron chi connectivity index (χ3n) is 1.85. The molecule has 2 nitrogen and oxygen atoms in total. The number of benzene rings is 1. The second-order valence-corrected chi connectivity index (χ2v) is 3.80. The summed E-state index contributed by atoms with van der Waals surface area (Å²) < 4.78 is 37.5. The maximum Gasteiger partial charge on any atom is 0.418 e. The van der Waals surface area contributed by atoms with Crippen LogP contribution < -0.4 is 5.32 Å². The van der Waals surface area contributed by atoms with Crippen LogP contribution in [-0.2, 0) is 11.0 Å². The minimum absolute atomic E-state index is 0.285. The highest BCUT2D eigenvalue weighted by atomic mass is 35.5. The van der Waals surface area contributed by atoms with E-state index in [4.69, 9.17) is 11.6 Å². The Labute approximate surface area is 95.4 Å². The molecule has 0 aliphatic carbocycles. The summed E-state index contributed by atoms with van der Waals surface area (Å²) in [5, 5.41) is 1.24. The van der Waals surface area contributed by atoms with Crippen LogP contribution in [-0.4, -0.2) is 11.3 Å². The smallest absolute Gasteiger partial charge is 0.324 e. The van der Waals surface area contributed by atoms with Gasteiger partial charge in [-0.3, -0.25) is 4.79 Å². The highest BCUT2D eigenvalue weighted by molar-refractivity contribution is 6.32. The molecule has 0 bridgehead atoms. The van der Waals surface area contributed by atoms with Crippen LogP contribution in [0.25, 0.3) is 0 Å². The van der Waals surface area contributed by atoms with Crippen molar-refractivity contribution in [1.29, 1.82) is 0 Å². The van der Waals surface area contributed by atoms with Crippen molar-refractivity contribution in [2.24, 2.45) is 0 Å². The molecule has 1 aromatic carbocycles. The molecule has 0 aromatic heterocycles. The fourth-order valence-electron chi connectivity index (χ4n) is 1.07. The maximum atomic E-state index is 12.5. The van der Waals surface area contributed by atoms with Gasteiger partial charge in [0, 0.05) is 0 Å². The van der Waals surface area contributed by atoms with Crippen LogP contribution in [0.3, 0.4) is 0 Å². The van der Waals surface area contributed by atoms with Gasteiger partial charge in [0.1, 0.15) is 5.38 Å². The van der Waals surface area contributed by atoms with Crippen molar-refractivity contribution in [2.45, 2.75) is 18.5 Å². The SMILES string of the molecule is C[C@H](Cl)C(=O)Nc1ccccc1C(F)(F)F. The average molecular weight is 252 g/mol. The van der Waals surface area contributed by atoms with Crippen molar-refractivity contribution in [3.63, 3.8) is 0 Å². The zero-order chi connectivity index (χ0) is 12.3. The zero-order valence-corrected chi connectivity index (χ0v) is 9.06. The Balaban J connectivity index is 3.01. The van der Waals surface area contributed by atoms with Gasteiger partial charge in [0.05, 0.1) is 11.3 Å². The molecule has 88 valence electrons. The van der Waals surface area contributed by atoms with Gasteiger partial charge in [0.15, 0.2) is 0 Å². The number of para-hydroxylation sites is 1. The first kappa shape index (κ1) is 12.8. The van der Waals surface area contributed by atoms with E-state index in [9.17, 15) is 18.0 Å². The lowest BCUT2D eigenvalue weighted by Crippen LogP contribution is -2.22. The molecule has 0 spiro atoms. The van der Waals surface area contributed by atoms with Crippen molar-refractivity contribution in [1.82, 2.24) is 0 Å². The number of hydrogen-bond acceptors (Lipinski definition) is 1. The number of nitrogens with one attached hydrogen (secondary N) is 1. The molecule has 1 rings (SSSR count). The molecule has 6 heteroatoms. The number of anilines is 1. The molecule has 1 aromatic rings. The molecular formula is C10H9ClF3NO. The van der Waals surface area contributed by atoms with Gasteiger partial charge in [0.2, 0.25) is 5.91 Å². The molecule has 0 aliphatic heterocycles. The first-order valence-electron chi connectivity index (χ1n) is 4.43. The van der Waals surface area contributed by atoms with Crippen LogP contribution in [0.4, 0.5) is 18.9 Å². The third-order valence-corrected chi connectivity index (χ3v) is 2.05. The van der Waals surface area contributed by atoms with E-state index in [1.165, 1.54) is 25.1 Å². The predicted octanol–water partition coefficient (Wildman–Crippen LogP) is 3.27. The number of rotatable bonds is 2. The third kappa shape index (κ3) is 3.13. The van der Waals surface area contributed by atoms with Gasteiger partial charge in [-0.15, -0.1) is 11.6 Å². The minimum Gasteiger partial charge on any atom is -0.324 e. The Morgan fingerprint density at radius 3 is 2.44 bits per heavy atom. The van der Waals surface area contributed by atoms with E-state index in [-0.39, 0.29) is 5.69 Å². The lowest BCUT2D eigenvalue weighted by molar-refractivity contribution is -0.137. The van der Waals surface area contributed by atoms with E-state index in [2.05, 4.69) is 5.32 Å². The highest BCUT2D eigenvalue weighted by Gasteiger charge is 2.33. The number of alkyl halides is 4. The molecule has 0 heterocycles. The lowest BCUT2D eigenvalue weighted by Gasteiger charge is -2.13. The summed E-state index contributed by atoms with van der Waals surface area (Å²) in [5.74, 6) is -0.668. The van der Waals surface area contributed by atoms with E-state index in [1.807, 2.05) is 0 Å². The van der Waals surface area contributed by atoms with Gasteiger partial charge in [-0.2, -0.15) is 13.2 Å². The Morgan fingerprint density at radius 2 is 1.94 bits per heavy atom. The molecule has 1 atom stereocenters. The quantitative estimate of drug-likeness (QED) is 0.803. The topological polar surface area (TPSA) is 29.1 Å². The standard InChI is InChI=1S/C10H9ClF3NO/c1-6(11)9(16)15-8-5-3-2-4-7(8)10(12,13)14/h2-6H,1H3,(H,15,16)/t6-/m0/s1. The first-order chi connectivity index (χ1) is 7.32. The number of halogens is 4. The molecule has 0 saturated carbocycles. The van der Waals surface area contributed by atoms with Crippen molar-refractivity contribution in [3.05, 3.63) is 29.8 Å². The van der Waals surface area contributed by atoms with E-state index in [1.54, 1.807) is 0 Å². The van der Waals surface area contributed by atoms with E-state index >= 15 is 0 Å². The summed E-state index contributed by atoms with van der Waals surface area (Å²) >= 11 is 5.45. The monoisotopic (exact) mass is 251 g/mol. The molecule has 0 radical (unpaired) electrons. The summed E-state index contributed by atoms with van der Waals surface area (Å²) in [7, 11) is 0. The summed E-state index contributed by atoms with van der Waals surface area (Å²) in [4.78, 5) is 11.2. The highest BCUT2D eigenvalue weighted by Crippen LogP contribution is 2.34. The minimum atomic E-state index is -4.50. The number of carbonyl (C=O) groups is 1. The molecule has 0 aliphatic rings. The Morgan fingerprint density at radius 1 is 1.38 bits per heavy atom. The molecule has 0 unspecified atom stereocenters. The van der Waals surface area contributed by atoms with Gasteiger partial charge in [-0.05, 0) is 19.1 Å². The Kier molecular flexibility index (Phi) is 3.80. The van der Waals surface area contributed by atoms with Gasteiger partial charge in [-0.25, -0.2) is 0 Å². The van der Waals surface area contributed by atoms with Crippen LogP contribution in [0.2, 0.25) is 0 Å². The van der Waals surface area contributed by atoms with Crippen LogP contribution >= 0.6 is 11.6 Å². The summed E-state index contributed by atoms with van der Waals surface area (Å²) in [6, 6.07) is 4.74. The average Bonchev–Trinajstić information content (AvgIpc) is 2.16. The van der Waals surface area contributed by atoms with Crippen molar-refractivity contribution >= 4 is 23.2 Å². The largest absolute Gasteiger partial charge is 0.418 e. The van der Waals surface area contributed by atoms with Crippen LogP contribution in [0.15, 0.2) is 24.3 Å². The molecule has 1 amide bonds. The normalized spacial score (nSPS) is 13.3. The van der Waals surface area contributed by atoms with Gasteiger partial charge < -0.3 is 5.32 Å². The van der Waals surface area contributed by atoms with Gasteiger partial charge in [-0.1, -0.05) is 12.1 Å².